The molecular weight excluding hydrogens is 224 g/mol. The van der Waals surface area contributed by atoms with Gasteiger partial charge in [0.25, 0.3) is 0 Å². The molecule has 1 N–H and O–H groups in total. The van der Waals surface area contributed by atoms with Crippen molar-refractivity contribution in [2.24, 2.45) is 0 Å². The van der Waals surface area contributed by atoms with E-state index in [2.05, 4.69) is 34.6 Å². The van der Waals surface area contributed by atoms with Crippen LogP contribution in [0, 0.1) is 0 Å². The lowest BCUT2D eigenvalue weighted by atomic mass is 9.92. The van der Waals surface area contributed by atoms with Gasteiger partial charge in [0.15, 0.2) is 0 Å². The molecule has 0 radical (unpaired) electrons. The van der Waals surface area contributed by atoms with Crippen molar-refractivity contribution in [3.63, 3.8) is 0 Å². The monoisotopic (exact) mass is 242 g/mol. The van der Waals surface area contributed by atoms with Crippen LogP contribution in [0.25, 0.3) is 0 Å². The molecule has 1 aromatic carbocycles. The number of hydrogen-bond donors (Lipinski definition) is 1. The Labute approximate surface area is 108 Å². The van der Waals surface area contributed by atoms with E-state index in [1.165, 1.54) is 11.1 Å². The summed E-state index contributed by atoms with van der Waals surface area (Å²) in [6, 6.07) is 12.3. The third-order valence-electron chi connectivity index (χ3n) is 3.01. The molecule has 0 bridgehead atoms. The molecule has 2 aromatic rings. The van der Waals surface area contributed by atoms with Gasteiger partial charge in [0.1, 0.15) is 5.75 Å². The SMILES string of the molecule is CNCC(c1ccncc1)c1cccc(OC)c1. The molecule has 1 heterocycles. The molecule has 0 aliphatic carbocycles. The summed E-state index contributed by atoms with van der Waals surface area (Å²) in [5.41, 5.74) is 2.50. The quantitative estimate of drug-likeness (QED) is 0.874. The molecule has 0 fully saturated rings. The Balaban J connectivity index is 2.35. The number of aromatic nitrogens is 1. The number of methoxy groups -OCH3 is 1. The van der Waals surface area contributed by atoms with Crippen LogP contribution in [0.4, 0.5) is 0 Å². The van der Waals surface area contributed by atoms with Gasteiger partial charge in [-0.2, -0.15) is 0 Å². The van der Waals surface area contributed by atoms with Gasteiger partial charge in [-0.15, -0.1) is 0 Å². The maximum Gasteiger partial charge on any atom is 0.119 e. The number of benzene rings is 1. The predicted molar refractivity (Wildman–Crippen MR) is 73.0 cm³/mol. The van der Waals surface area contributed by atoms with E-state index < -0.39 is 0 Å². The molecule has 0 spiro atoms. The van der Waals surface area contributed by atoms with E-state index in [1.807, 2.05) is 31.6 Å². The normalized spacial score (nSPS) is 12.1. The highest BCUT2D eigenvalue weighted by Gasteiger charge is 2.13. The van der Waals surface area contributed by atoms with Crippen molar-refractivity contribution in [3.8, 4) is 5.75 Å². The summed E-state index contributed by atoms with van der Waals surface area (Å²) >= 11 is 0. The Hall–Kier alpha value is -1.87. The zero-order valence-corrected chi connectivity index (χ0v) is 10.8. The highest BCUT2D eigenvalue weighted by molar-refractivity contribution is 5.37. The lowest BCUT2D eigenvalue weighted by Gasteiger charge is -2.18. The zero-order valence-electron chi connectivity index (χ0n) is 10.8. The van der Waals surface area contributed by atoms with Crippen molar-refractivity contribution in [1.29, 1.82) is 0 Å². The summed E-state index contributed by atoms with van der Waals surface area (Å²) in [7, 11) is 3.66. The first-order valence-corrected chi connectivity index (χ1v) is 6.03. The molecule has 3 heteroatoms. The second-order valence-corrected chi connectivity index (χ2v) is 4.17. The fraction of sp³-hybridized carbons (Fsp3) is 0.267. The topological polar surface area (TPSA) is 34.2 Å². The van der Waals surface area contributed by atoms with E-state index >= 15 is 0 Å². The second kappa shape index (κ2) is 6.17. The molecule has 2 rings (SSSR count). The third kappa shape index (κ3) is 2.87. The summed E-state index contributed by atoms with van der Waals surface area (Å²) in [5.74, 6) is 1.20. The minimum atomic E-state index is 0.313. The van der Waals surface area contributed by atoms with Crippen LogP contribution in [-0.2, 0) is 0 Å². The molecular formula is C15H18N2O. The maximum absolute atomic E-state index is 5.29. The molecule has 3 nitrogen and oxygen atoms in total. The van der Waals surface area contributed by atoms with Gasteiger partial charge >= 0.3 is 0 Å². The molecule has 0 aliphatic rings. The van der Waals surface area contributed by atoms with Crippen LogP contribution in [0.3, 0.4) is 0 Å². The van der Waals surface area contributed by atoms with Gasteiger partial charge < -0.3 is 10.1 Å². The Morgan fingerprint density at radius 2 is 1.94 bits per heavy atom. The van der Waals surface area contributed by atoms with Crippen LogP contribution in [0.5, 0.6) is 5.75 Å². The molecule has 1 atom stereocenters. The summed E-state index contributed by atoms with van der Waals surface area (Å²) < 4.78 is 5.29. The van der Waals surface area contributed by atoms with Gasteiger partial charge in [-0.1, -0.05) is 12.1 Å². The average Bonchev–Trinajstić information content (AvgIpc) is 2.46. The Kier molecular flexibility index (Phi) is 4.31. The number of ether oxygens (including phenoxy) is 1. The van der Waals surface area contributed by atoms with E-state index in [1.54, 1.807) is 7.11 Å². The van der Waals surface area contributed by atoms with Crippen molar-refractivity contribution in [2.45, 2.75) is 5.92 Å². The van der Waals surface area contributed by atoms with Crippen molar-refractivity contribution in [3.05, 3.63) is 59.9 Å². The predicted octanol–water partition coefficient (Wildman–Crippen LogP) is 2.44. The summed E-state index contributed by atoms with van der Waals surface area (Å²) in [6.45, 7) is 0.886. The molecule has 0 saturated carbocycles. The third-order valence-corrected chi connectivity index (χ3v) is 3.01. The molecule has 0 saturated heterocycles. The second-order valence-electron chi connectivity index (χ2n) is 4.17. The number of nitrogens with one attached hydrogen (secondary N) is 1. The maximum atomic E-state index is 5.29. The number of nitrogens with zero attached hydrogens (tertiary/aromatic N) is 1. The van der Waals surface area contributed by atoms with Crippen LogP contribution in [0.2, 0.25) is 0 Å². The molecule has 0 amide bonds. The van der Waals surface area contributed by atoms with Gasteiger partial charge in [-0.3, -0.25) is 4.98 Å². The van der Waals surface area contributed by atoms with Crippen LogP contribution < -0.4 is 10.1 Å². The summed E-state index contributed by atoms with van der Waals surface area (Å²) in [4.78, 5) is 4.07. The van der Waals surface area contributed by atoms with Crippen molar-refractivity contribution >= 4 is 0 Å². The average molecular weight is 242 g/mol. The van der Waals surface area contributed by atoms with Gasteiger partial charge in [0.05, 0.1) is 7.11 Å². The first-order valence-electron chi connectivity index (χ1n) is 6.03. The van der Waals surface area contributed by atoms with Gasteiger partial charge in [0.2, 0.25) is 0 Å². The van der Waals surface area contributed by atoms with Gasteiger partial charge in [0, 0.05) is 24.9 Å². The minimum Gasteiger partial charge on any atom is -0.497 e. The van der Waals surface area contributed by atoms with E-state index in [4.69, 9.17) is 4.74 Å². The number of likely N-dealkylation sites (N-methyl/N-ethyl adjacent to an activating group) is 1. The fourth-order valence-electron chi connectivity index (χ4n) is 2.09. The van der Waals surface area contributed by atoms with Crippen LogP contribution >= 0.6 is 0 Å². The highest BCUT2D eigenvalue weighted by Crippen LogP contribution is 2.26. The fourth-order valence-corrected chi connectivity index (χ4v) is 2.09. The molecule has 94 valence electrons. The Morgan fingerprint density at radius 3 is 2.61 bits per heavy atom. The molecule has 1 aromatic heterocycles. The number of rotatable bonds is 5. The smallest absolute Gasteiger partial charge is 0.119 e. The van der Waals surface area contributed by atoms with Crippen LogP contribution in [0.15, 0.2) is 48.8 Å². The standard InChI is InChI=1S/C15H18N2O/c1-16-11-15(12-6-8-17-9-7-12)13-4-3-5-14(10-13)18-2/h3-10,15-16H,11H2,1-2H3. The van der Waals surface area contributed by atoms with Crippen LogP contribution in [-0.4, -0.2) is 25.7 Å². The number of hydrogen-bond acceptors (Lipinski definition) is 3. The minimum absolute atomic E-state index is 0.313. The highest BCUT2D eigenvalue weighted by atomic mass is 16.5. The van der Waals surface area contributed by atoms with E-state index in [0.717, 1.165) is 12.3 Å². The number of pyridine rings is 1. The molecule has 0 aliphatic heterocycles. The van der Waals surface area contributed by atoms with Crippen LogP contribution in [0.1, 0.15) is 17.0 Å². The van der Waals surface area contributed by atoms with Gasteiger partial charge in [-0.05, 0) is 42.4 Å². The van der Waals surface area contributed by atoms with E-state index in [9.17, 15) is 0 Å². The summed E-state index contributed by atoms with van der Waals surface area (Å²) in [5, 5.41) is 3.24. The lowest BCUT2D eigenvalue weighted by Crippen LogP contribution is -2.18. The Bertz CT molecular complexity index is 485. The van der Waals surface area contributed by atoms with Crippen molar-refractivity contribution < 1.29 is 4.74 Å². The lowest BCUT2D eigenvalue weighted by molar-refractivity contribution is 0.414. The Morgan fingerprint density at radius 1 is 1.17 bits per heavy atom. The first kappa shape index (κ1) is 12.6. The summed E-state index contributed by atoms with van der Waals surface area (Å²) in [6.07, 6.45) is 3.66. The largest absolute Gasteiger partial charge is 0.497 e. The van der Waals surface area contributed by atoms with E-state index in [-0.39, 0.29) is 0 Å². The first-order chi connectivity index (χ1) is 8.85. The van der Waals surface area contributed by atoms with Gasteiger partial charge in [-0.25, -0.2) is 0 Å². The molecule has 18 heavy (non-hydrogen) atoms. The van der Waals surface area contributed by atoms with Crippen molar-refractivity contribution in [1.82, 2.24) is 10.3 Å². The zero-order chi connectivity index (χ0) is 12.8. The van der Waals surface area contributed by atoms with Crippen molar-refractivity contribution in [2.75, 3.05) is 20.7 Å². The van der Waals surface area contributed by atoms with E-state index in [0.29, 0.717) is 5.92 Å². The molecule has 1 unspecified atom stereocenters.